The molecule has 0 amide bonds. The SMILES string of the molecule is C[C@@H](O)c1ccc(Sc2ccc(F)cc2F)cc1. The van der Waals surface area contributed by atoms with Gasteiger partial charge in [-0.05, 0) is 36.8 Å². The molecular weight excluding hydrogens is 254 g/mol. The summed E-state index contributed by atoms with van der Waals surface area (Å²) in [6, 6.07) is 10.7. The fourth-order valence-corrected chi connectivity index (χ4v) is 2.32. The van der Waals surface area contributed by atoms with E-state index in [1.807, 2.05) is 0 Å². The quantitative estimate of drug-likeness (QED) is 0.899. The van der Waals surface area contributed by atoms with Crippen molar-refractivity contribution in [2.45, 2.75) is 22.8 Å². The highest BCUT2D eigenvalue weighted by Crippen LogP contribution is 2.30. The molecule has 0 bridgehead atoms. The van der Waals surface area contributed by atoms with Crippen LogP contribution in [0.4, 0.5) is 8.78 Å². The van der Waals surface area contributed by atoms with E-state index in [-0.39, 0.29) is 0 Å². The molecule has 0 spiro atoms. The highest BCUT2D eigenvalue weighted by molar-refractivity contribution is 7.99. The highest BCUT2D eigenvalue weighted by Gasteiger charge is 2.06. The summed E-state index contributed by atoms with van der Waals surface area (Å²) in [5.74, 6) is -1.15. The molecule has 2 aromatic rings. The molecule has 2 aromatic carbocycles. The van der Waals surface area contributed by atoms with E-state index < -0.39 is 17.7 Å². The van der Waals surface area contributed by atoms with E-state index in [1.54, 1.807) is 31.2 Å². The Balaban J connectivity index is 2.18. The summed E-state index contributed by atoms with van der Waals surface area (Å²) in [6.07, 6.45) is -0.522. The summed E-state index contributed by atoms with van der Waals surface area (Å²) in [4.78, 5) is 1.21. The van der Waals surface area contributed by atoms with Crippen molar-refractivity contribution in [1.29, 1.82) is 0 Å². The van der Waals surface area contributed by atoms with E-state index in [0.29, 0.717) is 4.90 Å². The second-order valence-electron chi connectivity index (χ2n) is 3.92. The minimum atomic E-state index is -0.582. The summed E-state index contributed by atoms with van der Waals surface area (Å²) in [5, 5.41) is 9.37. The standard InChI is InChI=1S/C14H12F2OS/c1-9(17)10-2-5-12(6-3-10)18-14-7-4-11(15)8-13(14)16/h2-9,17H,1H3/t9-/m1/s1. The molecule has 0 aliphatic carbocycles. The molecule has 1 atom stereocenters. The Hall–Kier alpha value is -1.39. The number of hydrogen-bond donors (Lipinski definition) is 1. The molecule has 94 valence electrons. The Labute approximate surface area is 108 Å². The highest BCUT2D eigenvalue weighted by atomic mass is 32.2. The van der Waals surface area contributed by atoms with Gasteiger partial charge in [-0.25, -0.2) is 8.78 Å². The zero-order valence-corrected chi connectivity index (χ0v) is 10.5. The average molecular weight is 266 g/mol. The van der Waals surface area contributed by atoms with Crippen molar-refractivity contribution in [3.05, 3.63) is 59.7 Å². The lowest BCUT2D eigenvalue weighted by molar-refractivity contribution is 0.199. The van der Waals surface area contributed by atoms with Crippen molar-refractivity contribution in [1.82, 2.24) is 0 Å². The number of aliphatic hydroxyl groups excluding tert-OH is 1. The van der Waals surface area contributed by atoms with Gasteiger partial charge >= 0.3 is 0 Å². The van der Waals surface area contributed by atoms with Gasteiger partial charge in [0.2, 0.25) is 0 Å². The molecule has 0 heterocycles. The lowest BCUT2D eigenvalue weighted by atomic mass is 10.1. The van der Waals surface area contributed by atoms with Crippen LogP contribution in [0.2, 0.25) is 0 Å². The van der Waals surface area contributed by atoms with Crippen LogP contribution in [-0.4, -0.2) is 5.11 Å². The second-order valence-corrected chi connectivity index (χ2v) is 5.04. The zero-order chi connectivity index (χ0) is 13.1. The van der Waals surface area contributed by atoms with Crippen molar-refractivity contribution in [2.75, 3.05) is 0 Å². The van der Waals surface area contributed by atoms with Gasteiger partial charge in [0.15, 0.2) is 0 Å². The third kappa shape index (κ3) is 3.09. The van der Waals surface area contributed by atoms with Crippen molar-refractivity contribution in [3.63, 3.8) is 0 Å². The molecule has 0 radical (unpaired) electrons. The van der Waals surface area contributed by atoms with Crippen molar-refractivity contribution >= 4 is 11.8 Å². The average Bonchev–Trinajstić information content (AvgIpc) is 2.33. The van der Waals surface area contributed by atoms with Crippen LogP contribution in [0.3, 0.4) is 0 Å². The molecule has 0 saturated heterocycles. The van der Waals surface area contributed by atoms with Crippen LogP contribution in [0.1, 0.15) is 18.6 Å². The van der Waals surface area contributed by atoms with Gasteiger partial charge in [-0.2, -0.15) is 0 Å². The molecule has 4 heteroatoms. The number of hydrogen-bond acceptors (Lipinski definition) is 2. The van der Waals surface area contributed by atoms with Gasteiger partial charge in [0.1, 0.15) is 11.6 Å². The summed E-state index contributed by atoms with van der Waals surface area (Å²) in [5.41, 5.74) is 0.805. The fraction of sp³-hybridized carbons (Fsp3) is 0.143. The van der Waals surface area contributed by atoms with E-state index in [4.69, 9.17) is 0 Å². The topological polar surface area (TPSA) is 20.2 Å². The molecule has 0 aromatic heterocycles. The van der Waals surface area contributed by atoms with Gasteiger partial charge < -0.3 is 5.11 Å². The van der Waals surface area contributed by atoms with E-state index in [2.05, 4.69) is 0 Å². The first kappa shape index (κ1) is 13.1. The maximum atomic E-state index is 13.4. The molecule has 1 N–H and O–H groups in total. The van der Waals surface area contributed by atoms with Gasteiger partial charge in [-0.15, -0.1) is 0 Å². The van der Waals surface area contributed by atoms with Crippen molar-refractivity contribution in [3.8, 4) is 0 Å². The maximum Gasteiger partial charge on any atom is 0.140 e. The number of benzene rings is 2. The molecular formula is C14H12F2OS. The second kappa shape index (κ2) is 5.50. The van der Waals surface area contributed by atoms with E-state index in [1.165, 1.54) is 23.9 Å². The Morgan fingerprint density at radius 2 is 1.72 bits per heavy atom. The first-order valence-electron chi connectivity index (χ1n) is 5.47. The first-order chi connectivity index (χ1) is 8.56. The minimum absolute atomic E-state index is 0.376. The molecule has 0 aliphatic rings. The van der Waals surface area contributed by atoms with Gasteiger partial charge in [0, 0.05) is 15.9 Å². The summed E-state index contributed by atoms with van der Waals surface area (Å²) in [7, 11) is 0. The van der Waals surface area contributed by atoms with Crippen LogP contribution < -0.4 is 0 Å². The van der Waals surface area contributed by atoms with Gasteiger partial charge in [0.25, 0.3) is 0 Å². The van der Waals surface area contributed by atoms with E-state index >= 15 is 0 Å². The van der Waals surface area contributed by atoms with Gasteiger partial charge in [0.05, 0.1) is 6.10 Å². The Kier molecular flexibility index (Phi) is 3.99. The molecule has 1 nitrogen and oxygen atoms in total. The Morgan fingerprint density at radius 1 is 1.06 bits per heavy atom. The van der Waals surface area contributed by atoms with Crippen LogP contribution in [0.15, 0.2) is 52.3 Å². The third-order valence-corrected chi connectivity index (χ3v) is 3.54. The van der Waals surface area contributed by atoms with Crippen LogP contribution in [-0.2, 0) is 0 Å². The number of aliphatic hydroxyl groups is 1. The van der Waals surface area contributed by atoms with Crippen LogP contribution in [0, 0.1) is 11.6 Å². The monoisotopic (exact) mass is 266 g/mol. The van der Waals surface area contributed by atoms with E-state index in [9.17, 15) is 13.9 Å². The number of halogens is 2. The zero-order valence-electron chi connectivity index (χ0n) is 9.73. The molecule has 0 fully saturated rings. The molecule has 0 unspecified atom stereocenters. The van der Waals surface area contributed by atoms with Crippen molar-refractivity contribution < 1.29 is 13.9 Å². The predicted molar refractivity (Wildman–Crippen MR) is 67.6 cm³/mol. The van der Waals surface area contributed by atoms with Crippen LogP contribution >= 0.6 is 11.8 Å². The fourth-order valence-electron chi connectivity index (χ4n) is 1.50. The van der Waals surface area contributed by atoms with Crippen molar-refractivity contribution in [2.24, 2.45) is 0 Å². The van der Waals surface area contributed by atoms with Gasteiger partial charge in [-0.3, -0.25) is 0 Å². The minimum Gasteiger partial charge on any atom is -0.389 e. The Bertz CT molecular complexity index is 538. The smallest absolute Gasteiger partial charge is 0.140 e. The number of rotatable bonds is 3. The molecule has 18 heavy (non-hydrogen) atoms. The van der Waals surface area contributed by atoms with Gasteiger partial charge in [-0.1, -0.05) is 23.9 Å². The summed E-state index contributed by atoms with van der Waals surface area (Å²) < 4.78 is 26.2. The van der Waals surface area contributed by atoms with Crippen LogP contribution in [0.5, 0.6) is 0 Å². The molecule has 0 saturated carbocycles. The summed E-state index contributed by atoms with van der Waals surface area (Å²) >= 11 is 1.22. The summed E-state index contributed by atoms with van der Waals surface area (Å²) in [6.45, 7) is 1.68. The third-order valence-electron chi connectivity index (χ3n) is 2.48. The normalized spacial score (nSPS) is 12.4. The lowest BCUT2D eigenvalue weighted by Crippen LogP contribution is -1.89. The predicted octanol–water partition coefficient (Wildman–Crippen LogP) is 4.17. The lowest BCUT2D eigenvalue weighted by Gasteiger charge is -2.06. The largest absolute Gasteiger partial charge is 0.389 e. The molecule has 0 aliphatic heterocycles. The van der Waals surface area contributed by atoms with E-state index in [0.717, 1.165) is 16.5 Å². The van der Waals surface area contributed by atoms with Crippen LogP contribution in [0.25, 0.3) is 0 Å². The maximum absolute atomic E-state index is 13.4. The Morgan fingerprint density at radius 3 is 2.28 bits per heavy atom. The molecule has 2 rings (SSSR count). The first-order valence-corrected chi connectivity index (χ1v) is 6.29.